The Bertz CT molecular complexity index is 318. The average Bonchev–Trinajstić information content (AvgIpc) is 2.80. The van der Waals surface area contributed by atoms with Crippen LogP contribution in [0.5, 0.6) is 0 Å². The first-order valence-corrected chi connectivity index (χ1v) is 5.41. The molecule has 3 nitrogen and oxygen atoms in total. The number of nitrogens with zero attached hydrogens (tertiary/aromatic N) is 1. The molecule has 0 aromatic rings. The van der Waals surface area contributed by atoms with Gasteiger partial charge in [0.15, 0.2) is 0 Å². The first-order valence-electron chi connectivity index (χ1n) is 5.41. The van der Waals surface area contributed by atoms with Crippen molar-refractivity contribution in [2.75, 3.05) is 13.1 Å². The Labute approximate surface area is 88.6 Å². The molecule has 1 saturated carbocycles. The highest BCUT2D eigenvalue weighted by Crippen LogP contribution is 2.49. The van der Waals surface area contributed by atoms with Gasteiger partial charge in [0.1, 0.15) is 12.0 Å². The lowest BCUT2D eigenvalue weighted by Gasteiger charge is -2.32. The molecule has 3 atom stereocenters. The van der Waals surface area contributed by atoms with Crippen LogP contribution in [0.25, 0.3) is 0 Å². The molecular weight excluding hydrogens is 197 g/mol. The summed E-state index contributed by atoms with van der Waals surface area (Å²) in [5.41, 5.74) is -0.792. The maximum absolute atomic E-state index is 13.0. The van der Waals surface area contributed by atoms with Crippen molar-refractivity contribution < 1.29 is 14.0 Å². The van der Waals surface area contributed by atoms with Crippen LogP contribution in [0.4, 0.5) is 4.39 Å². The lowest BCUT2D eigenvalue weighted by molar-refractivity contribution is -0.141. The lowest BCUT2D eigenvalue weighted by Crippen LogP contribution is -2.46. The Morgan fingerprint density at radius 2 is 2.20 bits per heavy atom. The topological polar surface area (TPSA) is 37.4 Å². The Kier molecular flexibility index (Phi) is 2.32. The van der Waals surface area contributed by atoms with Crippen molar-refractivity contribution in [2.45, 2.75) is 32.9 Å². The predicted octanol–water partition coefficient (Wildman–Crippen LogP) is 1.17. The van der Waals surface area contributed by atoms with Gasteiger partial charge in [0.25, 0.3) is 0 Å². The van der Waals surface area contributed by atoms with Crippen molar-refractivity contribution >= 4 is 11.7 Å². The van der Waals surface area contributed by atoms with Crippen molar-refractivity contribution in [2.24, 2.45) is 11.3 Å². The molecule has 0 N–H and O–H groups in total. The summed E-state index contributed by atoms with van der Waals surface area (Å²) in [6.45, 7) is 4.41. The number of piperidine rings is 1. The van der Waals surface area contributed by atoms with Crippen molar-refractivity contribution in [3.8, 4) is 0 Å². The van der Waals surface area contributed by atoms with Crippen LogP contribution in [-0.4, -0.2) is 35.9 Å². The second-order valence-electron chi connectivity index (χ2n) is 4.96. The first-order chi connectivity index (χ1) is 6.95. The molecule has 1 aliphatic carbocycles. The number of likely N-dealkylation sites (tertiary alicyclic amines) is 1. The predicted molar refractivity (Wildman–Crippen MR) is 53.0 cm³/mol. The zero-order chi connectivity index (χ0) is 11.2. The molecule has 2 fully saturated rings. The fraction of sp³-hybridized carbons (Fsp3) is 0.818. The highest BCUT2D eigenvalue weighted by Gasteiger charge is 2.58. The van der Waals surface area contributed by atoms with Gasteiger partial charge in [-0.2, -0.15) is 0 Å². The lowest BCUT2D eigenvalue weighted by atomic mass is 9.96. The van der Waals surface area contributed by atoms with Gasteiger partial charge in [0.05, 0.1) is 5.41 Å². The molecule has 2 aliphatic rings. The van der Waals surface area contributed by atoms with Crippen LogP contribution in [0, 0.1) is 11.3 Å². The molecular formula is C11H16FNO2. The van der Waals surface area contributed by atoms with E-state index in [-0.39, 0.29) is 17.6 Å². The summed E-state index contributed by atoms with van der Waals surface area (Å²) >= 11 is 0. The van der Waals surface area contributed by atoms with Crippen molar-refractivity contribution in [3.63, 3.8) is 0 Å². The van der Waals surface area contributed by atoms with Gasteiger partial charge in [-0.05, 0) is 13.3 Å². The molecule has 1 heterocycles. The second-order valence-corrected chi connectivity index (χ2v) is 4.96. The molecule has 0 radical (unpaired) electrons. The number of amides is 1. The third kappa shape index (κ3) is 1.66. The minimum Gasteiger partial charge on any atom is -0.341 e. The molecule has 3 unspecified atom stereocenters. The zero-order valence-corrected chi connectivity index (χ0v) is 9.12. The highest BCUT2D eigenvalue weighted by atomic mass is 19.1. The van der Waals surface area contributed by atoms with Gasteiger partial charge in [0, 0.05) is 25.4 Å². The molecule has 1 saturated heterocycles. The molecule has 84 valence electrons. The Morgan fingerprint density at radius 1 is 1.60 bits per heavy atom. The van der Waals surface area contributed by atoms with E-state index < -0.39 is 11.6 Å². The largest absolute Gasteiger partial charge is 0.341 e. The summed E-state index contributed by atoms with van der Waals surface area (Å²) < 4.78 is 13.0. The minimum atomic E-state index is -0.988. The summed E-state index contributed by atoms with van der Waals surface area (Å²) in [6, 6.07) is 0. The maximum atomic E-state index is 13.0. The number of carbonyl (C=O) groups is 2. The van der Waals surface area contributed by atoms with Crippen molar-refractivity contribution in [1.29, 1.82) is 0 Å². The Morgan fingerprint density at radius 3 is 2.67 bits per heavy atom. The summed E-state index contributed by atoms with van der Waals surface area (Å²) in [4.78, 5) is 24.8. The highest BCUT2D eigenvalue weighted by molar-refractivity contribution is 5.89. The van der Waals surface area contributed by atoms with E-state index in [1.54, 1.807) is 11.8 Å². The smallest absolute Gasteiger partial charge is 0.231 e. The molecule has 15 heavy (non-hydrogen) atoms. The molecule has 0 aromatic heterocycles. The molecule has 1 amide bonds. The standard InChI is InChI=1S/C11H16FNO2/c1-7-6-13(4-3-8(7)14)10(15)11(2)5-9(11)12/h7,9H,3-6H2,1-2H3. The third-order valence-electron chi connectivity index (χ3n) is 3.58. The fourth-order valence-corrected chi connectivity index (χ4v) is 2.10. The van der Waals surface area contributed by atoms with Crippen LogP contribution in [0.3, 0.4) is 0 Å². The zero-order valence-electron chi connectivity index (χ0n) is 9.12. The summed E-state index contributed by atoms with van der Waals surface area (Å²) in [5.74, 6) is -0.00532. The number of hydrogen-bond donors (Lipinski definition) is 0. The molecule has 4 heteroatoms. The second kappa shape index (κ2) is 3.29. The quantitative estimate of drug-likeness (QED) is 0.655. The minimum absolute atomic E-state index is 0.0943. The van der Waals surface area contributed by atoms with Crippen LogP contribution in [-0.2, 0) is 9.59 Å². The van der Waals surface area contributed by atoms with Gasteiger partial charge in [-0.15, -0.1) is 0 Å². The number of hydrogen-bond acceptors (Lipinski definition) is 2. The molecule has 0 spiro atoms. The van der Waals surface area contributed by atoms with Crippen LogP contribution in [0.15, 0.2) is 0 Å². The van der Waals surface area contributed by atoms with Gasteiger partial charge >= 0.3 is 0 Å². The SMILES string of the molecule is CC1CN(C(=O)C2(C)CC2F)CCC1=O. The van der Waals surface area contributed by atoms with E-state index in [1.807, 2.05) is 6.92 Å². The summed E-state index contributed by atoms with van der Waals surface area (Å²) in [5, 5.41) is 0. The normalized spacial score (nSPS) is 40.5. The summed E-state index contributed by atoms with van der Waals surface area (Å²) in [7, 11) is 0. The molecule has 2 rings (SSSR count). The monoisotopic (exact) mass is 213 g/mol. The summed E-state index contributed by atoms with van der Waals surface area (Å²) in [6.07, 6.45) is -0.233. The van der Waals surface area contributed by atoms with Gasteiger partial charge < -0.3 is 4.90 Å². The van der Waals surface area contributed by atoms with E-state index in [4.69, 9.17) is 0 Å². The van der Waals surface area contributed by atoms with E-state index in [0.29, 0.717) is 25.9 Å². The maximum Gasteiger partial charge on any atom is 0.231 e. The van der Waals surface area contributed by atoms with Crippen LogP contribution < -0.4 is 0 Å². The number of alkyl halides is 1. The van der Waals surface area contributed by atoms with Crippen LogP contribution in [0.2, 0.25) is 0 Å². The Balaban J connectivity index is 2.01. The molecule has 0 aromatic carbocycles. The molecule has 1 aliphatic heterocycles. The van der Waals surface area contributed by atoms with Crippen molar-refractivity contribution in [3.05, 3.63) is 0 Å². The van der Waals surface area contributed by atoms with Gasteiger partial charge in [0.2, 0.25) is 5.91 Å². The van der Waals surface area contributed by atoms with E-state index in [2.05, 4.69) is 0 Å². The van der Waals surface area contributed by atoms with Crippen molar-refractivity contribution in [1.82, 2.24) is 4.90 Å². The van der Waals surface area contributed by atoms with E-state index in [1.165, 1.54) is 0 Å². The third-order valence-corrected chi connectivity index (χ3v) is 3.58. The first kappa shape index (κ1) is 10.6. The number of rotatable bonds is 1. The van der Waals surface area contributed by atoms with E-state index in [9.17, 15) is 14.0 Å². The number of Topliss-reactive ketones (excluding diaryl/α,β-unsaturated/α-hetero) is 1. The Hall–Kier alpha value is -0.930. The fourth-order valence-electron chi connectivity index (χ4n) is 2.10. The average molecular weight is 213 g/mol. The van der Waals surface area contributed by atoms with E-state index >= 15 is 0 Å². The number of carbonyl (C=O) groups excluding carboxylic acids is 2. The van der Waals surface area contributed by atoms with E-state index in [0.717, 1.165) is 0 Å². The number of ketones is 1. The van der Waals surface area contributed by atoms with Gasteiger partial charge in [-0.3, -0.25) is 9.59 Å². The molecule has 0 bridgehead atoms. The van der Waals surface area contributed by atoms with Gasteiger partial charge in [-0.1, -0.05) is 6.92 Å². The van der Waals surface area contributed by atoms with Gasteiger partial charge in [-0.25, -0.2) is 4.39 Å². The van der Waals surface area contributed by atoms with Crippen LogP contribution in [0.1, 0.15) is 26.7 Å². The van der Waals surface area contributed by atoms with Crippen LogP contribution >= 0.6 is 0 Å². The number of halogens is 1.